The molecule has 0 spiro atoms. The number of pyridine rings is 1. The van der Waals surface area contributed by atoms with E-state index in [9.17, 15) is 0 Å². The van der Waals surface area contributed by atoms with Crippen LogP contribution in [0.5, 0.6) is 0 Å². The van der Waals surface area contributed by atoms with E-state index in [0.717, 1.165) is 19.3 Å². The van der Waals surface area contributed by atoms with Crippen LogP contribution < -0.4 is 0 Å². The minimum absolute atomic E-state index is 1.02. The van der Waals surface area contributed by atoms with Crippen molar-refractivity contribution in [1.29, 1.82) is 0 Å². The van der Waals surface area contributed by atoms with E-state index < -0.39 is 0 Å². The third-order valence-corrected chi connectivity index (χ3v) is 4.35. The van der Waals surface area contributed by atoms with Gasteiger partial charge in [-0.2, -0.15) is 0 Å². The molecular weight excluding hydrogens is 266 g/mol. The fourth-order valence-corrected chi connectivity index (χ4v) is 3.38. The first-order valence-electron chi connectivity index (χ1n) is 8.85. The Labute approximate surface area is 135 Å². The van der Waals surface area contributed by atoms with Crippen LogP contribution in [0.2, 0.25) is 0 Å². The van der Waals surface area contributed by atoms with Crippen LogP contribution in [0.4, 0.5) is 0 Å². The molecule has 0 fully saturated rings. The SMILES string of the molecule is CCCc1c(-c2ccccc2)nc(CC)c(CC)c1CCC. The van der Waals surface area contributed by atoms with Crippen LogP contribution >= 0.6 is 0 Å². The number of rotatable bonds is 7. The molecule has 22 heavy (non-hydrogen) atoms. The second kappa shape index (κ2) is 8.12. The molecule has 0 atom stereocenters. The quantitative estimate of drug-likeness (QED) is 0.631. The molecule has 1 aromatic heterocycles. The standard InChI is InChI=1S/C21H29N/c1-5-12-18-17(7-3)20(8-4)22-21(19(18)13-6-2)16-14-10-9-11-15-16/h9-11,14-15H,5-8,12-13H2,1-4H3. The number of nitrogens with zero attached hydrogens (tertiary/aromatic N) is 1. The van der Waals surface area contributed by atoms with Gasteiger partial charge in [-0.05, 0) is 42.4 Å². The molecule has 0 unspecified atom stereocenters. The zero-order valence-corrected chi connectivity index (χ0v) is 14.6. The smallest absolute Gasteiger partial charge is 0.0740 e. The fourth-order valence-electron chi connectivity index (χ4n) is 3.38. The maximum Gasteiger partial charge on any atom is 0.0740 e. The molecule has 0 aliphatic rings. The minimum Gasteiger partial charge on any atom is -0.252 e. The highest BCUT2D eigenvalue weighted by molar-refractivity contribution is 5.66. The number of benzene rings is 1. The van der Waals surface area contributed by atoms with Crippen LogP contribution in [0.25, 0.3) is 11.3 Å². The molecule has 0 saturated carbocycles. The van der Waals surface area contributed by atoms with Crippen molar-refractivity contribution in [2.45, 2.75) is 66.2 Å². The maximum atomic E-state index is 5.09. The highest BCUT2D eigenvalue weighted by atomic mass is 14.7. The molecule has 2 rings (SSSR count). The summed E-state index contributed by atoms with van der Waals surface area (Å²) in [4.78, 5) is 5.09. The fraction of sp³-hybridized carbons (Fsp3) is 0.476. The molecule has 118 valence electrons. The highest BCUT2D eigenvalue weighted by Gasteiger charge is 2.17. The van der Waals surface area contributed by atoms with Crippen molar-refractivity contribution in [3.63, 3.8) is 0 Å². The van der Waals surface area contributed by atoms with E-state index in [1.807, 2.05) is 0 Å². The van der Waals surface area contributed by atoms with Crippen molar-refractivity contribution in [3.05, 3.63) is 52.7 Å². The molecule has 1 aromatic carbocycles. The number of aromatic nitrogens is 1. The van der Waals surface area contributed by atoms with Crippen molar-refractivity contribution in [3.8, 4) is 11.3 Å². The molecule has 1 nitrogen and oxygen atoms in total. The summed E-state index contributed by atoms with van der Waals surface area (Å²) in [5.41, 5.74) is 8.36. The lowest BCUT2D eigenvalue weighted by atomic mass is 9.88. The molecule has 0 bridgehead atoms. The molecular formula is C21H29N. The Balaban J connectivity index is 2.73. The van der Waals surface area contributed by atoms with Gasteiger partial charge in [0, 0.05) is 11.3 Å². The first kappa shape index (κ1) is 16.7. The van der Waals surface area contributed by atoms with Gasteiger partial charge in [-0.15, -0.1) is 0 Å². The second-order valence-electron chi connectivity index (χ2n) is 5.92. The molecule has 1 heterocycles. The number of aryl methyl sites for hydroxylation is 1. The van der Waals surface area contributed by atoms with E-state index >= 15 is 0 Å². The highest BCUT2D eigenvalue weighted by Crippen LogP contribution is 2.31. The summed E-state index contributed by atoms with van der Waals surface area (Å²) in [6.45, 7) is 9.05. The van der Waals surface area contributed by atoms with Crippen molar-refractivity contribution in [1.82, 2.24) is 4.98 Å². The van der Waals surface area contributed by atoms with Crippen LogP contribution in [0.3, 0.4) is 0 Å². The van der Waals surface area contributed by atoms with Gasteiger partial charge in [-0.25, -0.2) is 0 Å². The van der Waals surface area contributed by atoms with E-state index in [1.165, 1.54) is 47.3 Å². The van der Waals surface area contributed by atoms with Crippen molar-refractivity contribution in [2.24, 2.45) is 0 Å². The minimum atomic E-state index is 1.02. The van der Waals surface area contributed by atoms with Crippen LogP contribution in [-0.4, -0.2) is 4.98 Å². The molecule has 0 amide bonds. The molecule has 0 N–H and O–H groups in total. The first-order valence-corrected chi connectivity index (χ1v) is 8.85. The first-order chi connectivity index (χ1) is 10.8. The lowest BCUT2D eigenvalue weighted by molar-refractivity contribution is 0.820. The van der Waals surface area contributed by atoms with Gasteiger partial charge in [-0.3, -0.25) is 4.98 Å². The summed E-state index contributed by atoms with van der Waals surface area (Å²) in [5, 5.41) is 0. The summed E-state index contributed by atoms with van der Waals surface area (Å²) in [5.74, 6) is 0. The molecule has 0 aliphatic heterocycles. The largest absolute Gasteiger partial charge is 0.252 e. The van der Waals surface area contributed by atoms with Gasteiger partial charge in [0.25, 0.3) is 0 Å². The Morgan fingerprint density at radius 2 is 1.36 bits per heavy atom. The third-order valence-electron chi connectivity index (χ3n) is 4.35. The van der Waals surface area contributed by atoms with Gasteiger partial charge >= 0.3 is 0 Å². The lowest BCUT2D eigenvalue weighted by Crippen LogP contribution is -2.09. The van der Waals surface area contributed by atoms with Gasteiger partial charge in [0.05, 0.1) is 5.69 Å². The maximum absolute atomic E-state index is 5.09. The second-order valence-corrected chi connectivity index (χ2v) is 5.92. The average Bonchev–Trinajstić information content (AvgIpc) is 2.57. The van der Waals surface area contributed by atoms with E-state index in [-0.39, 0.29) is 0 Å². The van der Waals surface area contributed by atoms with Crippen LogP contribution in [-0.2, 0) is 25.7 Å². The Hall–Kier alpha value is -1.63. The van der Waals surface area contributed by atoms with E-state index in [2.05, 4.69) is 58.0 Å². The van der Waals surface area contributed by atoms with Crippen LogP contribution in [0, 0.1) is 0 Å². The van der Waals surface area contributed by atoms with Crippen LogP contribution in [0.1, 0.15) is 62.9 Å². The number of hydrogen-bond donors (Lipinski definition) is 0. The van der Waals surface area contributed by atoms with Crippen LogP contribution in [0.15, 0.2) is 30.3 Å². The third kappa shape index (κ3) is 3.40. The van der Waals surface area contributed by atoms with E-state index in [4.69, 9.17) is 4.98 Å². The summed E-state index contributed by atoms with van der Waals surface area (Å²) in [7, 11) is 0. The zero-order chi connectivity index (χ0) is 15.9. The van der Waals surface area contributed by atoms with E-state index in [1.54, 1.807) is 5.56 Å². The topological polar surface area (TPSA) is 12.9 Å². The lowest BCUT2D eigenvalue weighted by Gasteiger charge is -2.20. The summed E-state index contributed by atoms with van der Waals surface area (Å²) >= 11 is 0. The van der Waals surface area contributed by atoms with Crippen molar-refractivity contribution >= 4 is 0 Å². The Bertz CT molecular complexity index is 599. The van der Waals surface area contributed by atoms with Gasteiger partial charge in [0.2, 0.25) is 0 Å². The monoisotopic (exact) mass is 295 g/mol. The average molecular weight is 295 g/mol. The Morgan fingerprint density at radius 1 is 0.727 bits per heavy atom. The zero-order valence-electron chi connectivity index (χ0n) is 14.6. The summed E-state index contributed by atoms with van der Waals surface area (Å²) in [6, 6.07) is 10.7. The Kier molecular flexibility index (Phi) is 6.18. The predicted molar refractivity (Wildman–Crippen MR) is 96.4 cm³/mol. The Morgan fingerprint density at radius 3 is 1.91 bits per heavy atom. The van der Waals surface area contributed by atoms with Crippen molar-refractivity contribution in [2.75, 3.05) is 0 Å². The number of hydrogen-bond acceptors (Lipinski definition) is 1. The molecule has 2 aromatic rings. The van der Waals surface area contributed by atoms with E-state index in [0.29, 0.717) is 0 Å². The molecule has 0 aliphatic carbocycles. The molecule has 1 heteroatoms. The summed E-state index contributed by atoms with van der Waals surface area (Å²) < 4.78 is 0. The van der Waals surface area contributed by atoms with Gasteiger partial charge < -0.3 is 0 Å². The van der Waals surface area contributed by atoms with Crippen molar-refractivity contribution < 1.29 is 0 Å². The van der Waals surface area contributed by atoms with Gasteiger partial charge in [-0.1, -0.05) is 70.9 Å². The molecule has 0 saturated heterocycles. The summed E-state index contributed by atoms with van der Waals surface area (Å²) in [6.07, 6.45) is 6.79. The predicted octanol–water partition coefficient (Wildman–Crippen LogP) is 5.78. The molecule has 0 radical (unpaired) electrons. The van der Waals surface area contributed by atoms with Gasteiger partial charge in [0.15, 0.2) is 0 Å². The normalized spacial score (nSPS) is 10.9. The van der Waals surface area contributed by atoms with Gasteiger partial charge in [0.1, 0.15) is 0 Å².